The van der Waals surface area contributed by atoms with Gasteiger partial charge in [-0.25, -0.2) is 0 Å². The van der Waals surface area contributed by atoms with Crippen LogP contribution in [0, 0.1) is 0 Å². The third kappa shape index (κ3) is 5.02. The van der Waals surface area contributed by atoms with Crippen molar-refractivity contribution in [3.8, 4) is 0 Å². The van der Waals surface area contributed by atoms with Crippen LogP contribution in [0.25, 0.3) is 0 Å². The molecule has 1 nitrogen and oxygen atoms in total. The number of hydrogen-bond donors (Lipinski definition) is 0. The zero-order chi connectivity index (χ0) is 5.70. The predicted molar refractivity (Wildman–Crippen MR) is 48.0 cm³/mol. The zero-order valence-corrected chi connectivity index (χ0v) is 8.26. The molecule has 42 valence electrons. The molecule has 0 saturated carbocycles. The maximum atomic E-state index is 4.81. The summed E-state index contributed by atoms with van der Waals surface area (Å²) in [5.41, 5.74) is 0. The van der Waals surface area contributed by atoms with Crippen LogP contribution in [0.1, 0.15) is 0 Å². The van der Waals surface area contributed by atoms with Crippen molar-refractivity contribution in [3.05, 3.63) is 7.66 Å². The van der Waals surface area contributed by atoms with Gasteiger partial charge in [-0.3, -0.25) is 0 Å². The average molecular weight is 324 g/mol. The first-order valence-corrected chi connectivity index (χ1v) is 4.07. The van der Waals surface area contributed by atoms with Crippen molar-refractivity contribution >= 4 is 45.2 Å². The van der Waals surface area contributed by atoms with Crippen LogP contribution in [0.5, 0.6) is 0 Å². The largest absolute Gasteiger partial charge is 0.380 e. The van der Waals surface area contributed by atoms with Crippen LogP contribution in [-0.2, 0) is 4.74 Å². The molecule has 0 aliphatic carbocycles. The highest BCUT2D eigenvalue weighted by Crippen LogP contribution is 2.07. The molecule has 0 aromatic heterocycles. The lowest BCUT2D eigenvalue weighted by Crippen LogP contribution is -1.83. The fourth-order valence-electron chi connectivity index (χ4n) is 0.169. The second-order valence-corrected chi connectivity index (χ2v) is 3.00. The van der Waals surface area contributed by atoms with Gasteiger partial charge < -0.3 is 4.74 Å². The van der Waals surface area contributed by atoms with E-state index in [-0.39, 0.29) is 0 Å². The highest BCUT2D eigenvalue weighted by atomic mass is 127. The second kappa shape index (κ2) is 5.30. The summed E-state index contributed by atoms with van der Waals surface area (Å²) in [5, 5.41) is 0. The fourth-order valence-corrected chi connectivity index (χ4v) is 0.661. The molecule has 7 heavy (non-hydrogen) atoms. The van der Waals surface area contributed by atoms with Gasteiger partial charge in [-0.2, -0.15) is 0 Å². The van der Waals surface area contributed by atoms with Crippen molar-refractivity contribution in [2.75, 3.05) is 13.7 Å². The van der Waals surface area contributed by atoms with E-state index in [1.54, 1.807) is 7.11 Å². The SMILES string of the molecule is COC/C(I)=C\I. The Bertz CT molecular complexity index is 70.1. The number of hydrogen-bond acceptors (Lipinski definition) is 1. The summed E-state index contributed by atoms with van der Waals surface area (Å²) in [7, 11) is 1.69. The number of ether oxygens (including phenoxy) is 1. The van der Waals surface area contributed by atoms with Gasteiger partial charge in [-0.15, -0.1) is 0 Å². The van der Waals surface area contributed by atoms with Gasteiger partial charge in [0, 0.05) is 10.7 Å². The summed E-state index contributed by atoms with van der Waals surface area (Å²) >= 11 is 4.42. The molecule has 0 amide bonds. The van der Waals surface area contributed by atoms with E-state index in [2.05, 4.69) is 45.2 Å². The minimum Gasteiger partial charge on any atom is -0.380 e. The first-order chi connectivity index (χ1) is 3.31. The fraction of sp³-hybridized carbons (Fsp3) is 0.500. The number of rotatable bonds is 2. The molecule has 0 aliphatic heterocycles. The molecule has 0 aliphatic rings. The highest BCUT2D eigenvalue weighted by Gasteiger charge is 1.83. The molecule has 0 rings (SSSR count). The molecule has 0 heterocycles. The van der Waals surface area contributed by atoms with Crippen LogP contribution >= 0.6 is 45.2 Å². The minimum atomic E-state index is 0.740. The summed E-state index contributed by atoms with van der Waals surface area (Å²) < 4.78 is 8.05. The molecule has 0 N–H and O–H groups in total. The minimum absolute atomic E-state index is 0.740. The summed E-state index contributed by atoms with van der Waals surface area (Å²) in [5.74, 6) is 0. The zero-order valence-electron chi connectivity index (χ0n) is 3.95. The van der Waals surface area contributed by atoms with E-state index in [4.69, 9.17) is 4.74 Å². The van der Waals surface area contributed by atoms with E-state index in [0.717, 1.165) is 6.61 Å². The van der Waals surface area contributed by atoms with Crippen LogP contribution in [0.15, 0.2) is 7.66 Å². The normalized spacial score (nSPS) is 12.1. The third-order valence-electron chi connectivity index (χ3n) is 0.401. The van der Waals surface area contributed by atoms with Crippen LogP contribution in [-0.4, -0.2) is 13.7 Å². The van der Waals surface area contributed by atoms with Gasteiger partial charge in [0.05, 0.1) is 6.61 Å². The molecule has 0 aromatic rings. The van der Waals surface area contributed by atoms with E-state index in [1.807, 2.05) is 4.08 Å². The first-order valence-electron chi connectivity index (χ1n) is 1.75. The molecule has 0 spiro atoms. The van der Waals surface area contributed by atoms with Crippen molar-refractivity contribution in [2.45, 2.75) is 0 Å². The van der Waals surface area contributed by atoms with Gasteiger partial charge in [-0.1, -0.05) is 22.6 Å². The van der Waals surface area contributed by atoms with Gasteiger partial charge in [0.2, 0.25) is 0 Å². The highest BCUT2D eigenvalue weighted by molar-refractivity contribution is 14.1. The van der Waals surface area contributed by atoms with Crippen molar-refractivity contribution in [1.82, 2.24) is 0 Å². The van der Waals surface area contributed by atoms with Crippen LogP contribution in [0.2, 0.25) is 0 Å². The summed E-state index contributed by atoms with van der Waals surface area (Å²) in [6.45, 7) is 0.740. The molecule has 0 unspecified atom stereocenters. The quantitative estimate of drug-likeness (QED) is 0.709. The predicted octanol–water partition coefficient (Wildman–Crippen LogP) is 2.34. The van der Waals surface area contributed by atoms with E-state index < -0.39 is 0 Å². The van der Waals surface area contributed by atoms with E-state index in [9.17, 15) is 0 Å². The van der Waals surface area contributed by atoms with Crippen molar-refractivity contribution in [2.24, 2.45) is 0 Å². The molecule has 0 aromatic carbocycles. The summed E-state index contributed by atoms with van der Waals surface area (Å²) in [4.78, 5) is 0. The Morgan fingerprint density at radius 1 is 1.86 bits per heavy atom. The monoisotopic (exact) mass is 324 g/mol. The molecule has 3 heteroatoms. The smallest absolute Gasteiger partial charge is 0.0774 e. The lowest BCUT2D eigenvalue weighted by Gasteiger charge is -1.90. The average Bonchev–Trinajstić information content (AvgIpc) is 1.68. The Hall–Kier alpha value is 1.16. The molecule has 0 fully saturated rings. The van der Waals surface area contributed by atoms with Crippen molar-refractivity contribution < 1.29 is 4.74 Å². The Labute approximate surface area is 70.8 Å². The second-order valence-electron chi connectivity index (χ2n) is 0.989. The lowest BCUT2D eigenvalue weighted by atomic mass is 10.7. The molecule has 0 saturated heterocycles. The van der Waals surface area contributed by atoms with E-state index in [0.29, 0.717) is 0 Å². The van der Waals surface area contributed by atoms with E-state index in [1.165, 1.54) is 3.58 Å². The van der Waals surface area contributed by atoms with Gasteiger partial charge in [-0.05, 0) is 26.7 Å². The summed E-state index contributed by atoms with van der Waals surface area (Å²) in [6.07, 6.45) is 0. The van der Waals surface area contributed by atoms with Gasteiger partial charge in [0.25, 0.3) is 0 Å². The van der Waals surface area contributed by atoms with Gasteiger partial charge in [0.15, 0.2) is 0 Å². The Kier molecular flexibility index (Phi) is 6.18. The van der Waals surface area contributed by atoms with Gasteiger partial charge >= 0.3 is 0 Å². The first kappa shape index (κ1) is 8.16. The van der Waals surface area contributed by atoms with Crippen molar-refractivity contribution in [3.63, 3.8) is 0 Å². The molecular formula is C4H6I2O. The van der Waals surface area contributed by atoms with Crippen LogP contribution in [0.4, 0.5) is 0 Å². The van der Waals surface area contributed by atoms with E-state index >= 15 is 0 Å². The van der Waals surface area contributed by atoms with Gasteiger partial charge in [0.1, 0.15) is 0 Å². The van der Waals surface area contributed by atoms with Crippen LogP contribution in [0.3, 0.4) is 0 Å². The Morgan fingerprint density at radius 3 is 2.57 bits per heavy atom. The maximum Gasteiger partial charge on any atom is 0.0774 e. The molecule has 0 radical (unpaired) electrons. The Morgan fingerprint density at radius 2 is 2.43 bits per heavy atom. The summed E-state index contributed by atoms with van der Waals surface area (Å²) in [6, 6.07) is 0. The van der Waals surface area contributed by atoms with Crippen LogP contribution < -0.4 is 0 Å². The molecule has 0 atom stereocenters. The topological polar surface area (TPSA) is 9.23 Å². The standard InChI is InChI=1S/C4H6I2O/c1-7-3-4(6)2-5/h2H,3H2,1H3/b4-2+. The lowest BCUT2D eigenvalue weighted by molar-refractivity contribution is 0.233. The molecular weight excluding hydrogens is 318 g/mol. The number of halogens is 2. The third-order valence-corrected chi connectivity index (χ3v) is 2.97. The number of methoxy groups -OCH3 is 1. The van der Waals surface area contributed by atoms with Crippen molar-refractivity contribution in [1.29, 1.82) is 0 Å². The maximum absolute atomic E-state index is 4.81. The Balaban J connectivity index is 3.17. The molecule has 0 bridgehead atoms.